The van der Waals surface area contributed by atoms with Crippen LogP contribution in [-0.2, 0) is 0 Å². The largest absolute Gasteiger partial charge is 0.351 e. The molecule has 0 unspecified atom stereocenters. The third-order valence-electron chi connectivity index (χ3n) is 2.97. The zero-order chi connectivity index (χ0) is 14.1. The van der Waals surface area contributed by atoms with Crippen molar-refractivity contribution in [2.45, 2.75) is 0 Å². The van der Waals surface area contributed by atoms with Gasteiger partial charge in [0.1, 0.15) is 5.69 Å². The fourth-order valence-corrected chi connectivity index (χ4v) is 1.99. The number of carbonyl (C=O) groups excluding carboxylic acids is 1. The van der Waals surface area contributed by atoms with E-state index in [2.05, 4.69) is 10.3 Å². The van der Waals surface area contributed by atoms with Crippen LogP contribution < -0.4 is 5.32 Å². The summed E-state index contributed by atoms with van der Waals surface area (Å²) in [4.78, 5) is 14.9. The lowest BCUT2D eigenvalue weighted by molar-refractivity contribution is 0.102. The summed E-state index contributed by atoms with van der Waals surface area (Å²) < 4.78 is 26.5. The molecule has 1 aromatic heterocycles. The van der Waals surface area contributed by atoms with Gasteiger partial charge in [0.05, 0.1) is 5.69 Å². The SMILES string of the molecule is O=C(Nc1cccc(F)c1F)c1cc2ccccc2[nH]1. The van der Waals surface area contributed by atoms with Gasteiger partial charge in [-0.3, -0.25) is 4.79 Å². The predicted octanol–water partition coefficient (Wildman–Crippen LogP) is 3.70. The third kappa shape index (κ3) is 2.14. The molecule has 0 saturated carbocycles. The van der Waals surface area contributed by atoms with Crippen LogP contribution in [-0.4, -0.2) is 10.9 Å². The summed E-state index contributed by atoms with van der Waals surface area (Å²) >= 11 is 0. The Kier molecular flexibility index (Phi) is 2.95. The van der Waals surface area contributed by atoms with Crippen molar-refractivity contribution in [1.82, 2.24) is 4.98 Å². The number of fused-ring (bicyclic) bond motifs is 1. The predicted molar refractivity (Wildman–Crippen MR) is 72.6 cm³/mol. The fourth-order valence-electron chi connectivity index (χ4n) is 1.99. The molecule has 100 valence electrons. The van der Waals surface area contributed by atoms with E-state index in [0.29, 0.717) is 0 Å². The van der Waals surface area contributed by atoms with E-state index in [4.69, 9.17) is 0 Å². The normalized spacial score (nSPS) is 10.7. The number of carbonyl (C=O) groups is 1. The molecule has 1 amide bonds. The smallest absolute Gasteiger partial charge is 0.272 e. The number of amides is 1. The molecule has 0 aliphatic carbocycles. The van der Waals surface area contributed by atoms with Crippen LogP contribution in [0.2, 0.25) is 0 Å². The van der Waals surface area contributed by atoms with Crippen LogP contribution in [0.25, 0.3) is 10.9 Å². The molecule has 2 N–H and O–H groups in total. The Bertz CT molecular complexity index is 762. The lowest BCUT2D eigenvalue weighted by atomic mass is 10.2. The average Bonchev–Trinajstić information content (AvgIpc) is 2.88. The number of para-hydroxylation sites is 1. The number of aromatic amines is 1. The molecule has 1 heterocycles. The Morgan fingerprint density at radius 3 is 2.65 bits per heavy atom. The molecule has 0 saturated heterocycles. The lowest BCUT2D eigenvalue weighted by Crippen LogP contribution is -2.13. The van der Waals surface area contributed by atoms with Crippen molar-refractivity contribution in [2.24, 2.45) is 0 Å². The molecule has 20 heavy (non-hydrogen) atoms. The van der Waals surface area contributed by atoms with Crippen LogP contribution in [0, 0.1) is 11.6 Å². The van der Waals surface area contributed by atoms with E-state index in [1.54, 1.807) is 6.07 Å². The number of hydrogen-bond acceptors (Lipinski definition) is 1. The van der Waals surface area contributed by atoms with Crippen molar-refractivity contribution in [3.63, 3.8) is 0 Å². The van der Waals surface area contributed by atoms with E-state index in [1.807, 2.05) is 24.3 Å². The number of benzene rings is 2. The Morgan fingerprint density at radius 2 is 1.85 bits per heavy atom. The third-order valence-corrected chi connectivity index (χ3v) is 2.97. The van der Waals surface area contributed by atoms with Crippen LogP contribution in [0.3, 0.4) is 0 Å². The molecule has 0 spiro atoms. The van der Waals surface area contributed by atoms with Crippen LogP contribution in [0.4, 0.5) is 14.5 Å². The number of hydrogen-bond donors (Lipinski definition) is 2. The second-order valence-corrected chi connectivity index (χ2v) is 4.33. The van der Waals surface area contributed by atoms with Crippen molar-refractivity contribution < 1.29 is 13.6 Å². The summed E-state index contributed by atoms with van der Waals surface area (Å²) in [7, 11) is 0. The highest BCUT2D eigenvalue weighted by Gasteiger charge is 2.13. The molecular formula is C15H10F2N2O. The van der Waals surface area contributed by atoms with Gasteiger partial charge in [-0.05, 0) is 24.3 Å². The summed E-state index contributed by atoms with van der Waals surface area (Å²) in [6.45, 7) is 0. The van der Waals surface area contributed by atoms with Gasteiger partial charge in [-0.1, -0.05) is 24.3 Å². The Balaban J connectivity index is 1.91. The maximum atomic E-state index is 13.5. The maximum absolute atomic E-state index is 13.5. The van der Waals surface area contributed by atoms with Crippen LogP contribution in [0.5, 0.6) is 0 Å². The first kappa shape index (κ1) is 12.3. The van der Waals surface area contributed by atoms with E-state index < -0.39 is 17.5 Å². The Labute approximate surface area is 113 Å². The Hall–Kier alpha value is -2.69. The number of nitrogens with one attached hydrogen (secondary N) is 2. The van der Waals surface area contributed by atoms with Gasteiger partial charge in [-0.2, -0.15) is 0 Å². The number of anilines is 1. The van der Waals surface area contributed by atoms with Gasteiger partial charge < -0.3 is 10.3 Å². The van der Waals surface area contributed by atoms with Gasteiger partial charge in [-0.15, -0.1) is 0 Å². The van der Waals surface area contributed by atoms with Gasteiger partial charge in [0.25, 0.3) is 5.91 Å². The first-order valence-electron chi connectivity index (χ1n) is 5.98. The molecule has 0 fully saturated rings. The van der Waals surface area contributed by atoms with E-state index >= 15 is 0 Å². The molecule has 3 aromatic rings. The van der Waals surface area contributed by atoms with Gasteiger partial charge in [0.15, 0.2) is 11.6 Å². The molecule has 0 aliphatic rings. The van der Waals surface area contributed by atoms with Crippen molar-refractivity contribution in [3.8, 4) is 0 Å². The molecule has 2 aromatic carbocycles. The van der Waals surface area contributed by atoms with Crippen LogP contribution in [0.15, 0.2) is 48.5 Å². The quantitative estimate of drug-likeness (QED) is 0.734. The van der Waals surface area contributed by atoms with Gasteiger partial charge in [0, 0.05) is 10.9 Å². The minimum atomic E-state index is -1.07. The highest BCUT2D eigenvalue weighted by atomic mass is 19.2. The average molecular weight is 272 g/mol. The van der Waals surface area contributed by atoms with Crippen LogP contribution in [0.1, 0.15) is 10.5 Å². The molecular weight excluding hydrogens is 262 g/mol. The minimum Gasteiger partial charge on any atom is -0.351 e. The minimum absolute atomic E-state index is 0.186. The molecule has 0 bridgehead atoms. The van der Waals surface area contributed by atoms with E-state index in [1.165, 1.54) is 12.1 Å². The highest BCUT2D eigenvalue weighted by Crippen LogP contribution is 2.19. The van der Waals surface area contributed by atoms with Gasteiger partial charge >= 0.3 is 0 Å². The van der Waals surface area contributed by atoms with Crippen molar-refractivity contribution in [2.75, 3.05) is 5.32 Å². The first-order chi connectivity index (χ1) is 9.65. The zero-order valence-electron chi connectivity index (χ0n) is 10.3. The van der Waals surface area contributed by atoms with E-state index in [0.717, 1.165) is 17.0 Å². The van der Waals surface area contributed by atoms with Crippen LogP contribution >= 0.6 is 0 Å². The highest BCUT2D eigenvalue weighted by molar-refractivity contribution is 6.05. The van der Waals surface area contributed by atoms with E-state index in [9.17, 15) is 13.6 Å². The molecule has 0 atom stereocenters. The molecule has 5 heteroatoms. The first-order valence-corrected chi connectivity index (χ1v) is 5.98. The number of halogens is 2. The molecule has 3 nitrogen and oxygen atoms in total. The summed E-state index contributed by atoms with van der Waals surface area (Å²) in [5, 5.41) is 3.22. The van der Waals surface area contributed by atoms with Gasteiger partial charge in [0.2, 0.25) is 0 Å². The van der Waals surface area contributed by atoms with E-state index in [-0.39, 0.29) is 11.4 Å². The van der Waals surface area contributed by atoms with Crippen molar-refractivity contribution in [1.29, 1.82) is 0 Å². The van der Waals surface area contributed by atoms with Crippen molar-refractivity contribution in [3.05, 3.63) is 65.9 Å². The number of rotatable bonds is 2. The molecule has 3 rings (SSSR count). The zero-order valence-corrected chi connectivity index (χ0v) is 10.3. The second-order valence-electron chi connectivity index (χ2n) is 4.33. The maximum Gasteiger partial charge on any atom is 0.272 e. The summed E-state index contributed by atoms with van der Waals surface area (Å²) in [5.74, 6) is -2.60. The monoisotopic (exact) mass is 272 g/mol. The fraction of sp³-hybridized carbons (Fsp3) is 0. The summed E-state index contributed by atoms with van der Waals surface area (Å²) in [5.41, 5.74) is 0.904. The second kappa shape index (κ2) is 4.77. The Morgan fingerprint density at radius 1 is 1.05 bits per heavy atom. The molecule has 0 aliphatic heterocycles. The summed E-state index contributed by atoms with van der Waals surface area (Å²) in [6, 6.07) is 12.7. The number of aromatic nitrogens is 1. The van der Waals surface area contributed by atoms with Gasteiger partial charge in [-0.25, -0.2) is 8.78 Å². The standard InChI is InChI=1S/C15H10F2N2O/c16-10-5-3-7-12(14(10)17)19-15(20)13-8-9-4-1-2-6-11(9)18-13/h1-8,18H,(H,19,20). The lowest BCUT2D eigenvalue weighted by Gasteiger charge is -2.05. The summed E-state index contributed by atoms with van der Waals surface area (Å²) in [6.07, 6.45) is 0. The molecule has 0 radical (unpaired) electrons. The number of H-pyrrole nitrogens is 1. The van der Waals surface area contributed by atoms with Crippen molar-refractivity contribution >= 4 is 22.5 Å². The topological polar surface area (TPSA) is 44.9 Å².